The molecule has 150 valence electrons. The molecule has 1 rings (SSSR count). The van der Waals surface area contributed by atoms with Gasteiger partial charge in [-0.1, -0.05) is 20.1 Å². The fourth-order valence-electron chi connectivity index (χ4n) is 2.93. The molecule has 1 N–H and O–H groups in total. The monoisotopic (exact) mass is 478 g/mol. The molecular weight excluding hydrogens is 443 g/mol. The van der Waals surface area contributed by atoms with Crippen molar-refractivity contribution >= 4 is 28.6 Å². The minimum atomic E-state index is -0.453. The first-order valence-electron chi connectivity index (χ1n) is 9.53. The van der Waals surface area contributed by atoms with Gasteiger partial charge in [0.15, 0.2) is 0 Å². The summed E-state index contributed by atoms with van der Waals surface area (Å²) in [6.07, 6.45) is 4.62. The summed E-state index contributed by atoms with van der Waals surface area (Å²) < 4.78 is 12.5. The molecule has 1 heterocycles. The van der Waals surface area contributed by atoms with Gasteiger partial charge in [-0.15, -0.1) is 0 Å². The number of carbonyl (C=O) groups excluding carboxylic acids is 1. The van der Waals surface area contributed by atoms with Gasteiger partial charge in [0.25, 0.3) is 0 Å². The van der Waals surface area contributed by atoms with Crippen molar-refractivity contribution in [1.29, 1.82) is 0 Å². The summed E-state index contributed by atoms with van der Waals surface area (Å²) in [6, 6.07) is 0. The summed E-state index contributed by atoms with van der Waals surface area (Å²) in [5, 5.41) is 10.2. The molecule has 0 radical (unpaired) electrons. The molecule has 0 aliphatic carbocycles. The van der Waals surface area contributed by atoms with Crippen LogP contribution in [-0.4, -0.2) is 36.0 Å². The highest BCUT2D eigenvalue weighted by Gasteiger charge is 2.29. The van der Waals surface area contributed by atoms with Crippen LogP contribution in [0.1, 0.15) is 66.2 Å². The third-order valence-electron chi connectivity index (χ3n) is 4.74. The van der Waals surface area contributed by atoms with Crippen LogP contribution in [0.4, 0.5) is 0 Å². The molecule has 1 aliphatic heterocycles. The molecule has 4 nitrogen and oxygen atoms in total. The number of allylic oxidation sites excluding steroid dienone is 1. The summed E-state index contributed by atoms with van der Waals surface area (Å²) in [7, 11) is 0. The van der Waals surface area contributed by atoms with E-state index in [0.717, 1.165) is 41.3 Å². The van der Waals surface area contributed by atoms with E-state index >= 15 is 0 Å². The van der Waals surface area contributed by atoms with Crippen LogP contribution < -0.4 is 0 Å². The van der Waals surface area contributed by atoms with Crippen LogP contribution in [0, 0.1) is 11.3 Å². The van der Waals surface area contributed by atoms with Crippen molar-refractivity contribution in [3.05, 3.63) is 22.3 Å². The minimum Gasteiger partial charge on any atom is -0.465 e. The molecule has 1 aliphatic rings. The number of ether oxygens (including phenoxy) is 2. The third kappa shape index (κ3) is 8.53. The average molecular weight is 478 g/mol. The molecule has 4 atom stereocenters. The predicted octanol–water partition coefficient (Wildman–Crippen LogP) is 5.19. The zero-order valence-electron chi connectivity index (χ0n) is 16.7. The minimum absolute atomic E-state index is 0.0323. The second-order valence-electron chi connectivity index (χ2n) is 8.45. The van der Waals surface area contributed by atoms with Gasteiger partial charge in [0.2, 0.25) is 0 Å². The Bertz CT molecular complexity index is 495. The van der Waals surface area contributed by atoms with Crippen LogP contribution in [-0.2, 0) is 14.3 Å². The number of aliphatic hydroxyl groups excluding tert-OH is 1. The van der Waals surface area contributed by atoms with E-state index in [1.165, 1.54) is 0 Å². The highest BCUT2D eigenvalue weighted by molar-refractivity contribution is 14.1. The molecule has 5 heteroatoms. The molecular formula is C21H35IO4. The van der Waals surface area contributed by atoms with E-state index in [9.17, 15) is 9.90 Å². The third-order valence-corrected chi connectivity index (χ3v) is 5.80. The van der Waals surface area contributed by atoms with Crippen LogP contribution in [0.15, 0.2) is 22.3 Å². The molecule has 1 fully saturated rings. The summed E-state index contributed by atoms with van der Waals surface area (Å²) in [5.41, 5.74) is 0.658. The standard InChI is InChI=1S/C21H35IO4/c1-14(16(3)22)12-17(23)9-10-19-15(2)13-18(26-19)8-7-11-25-20(24)21(4,5)6/h14,17-19,23H,2-3,7-13H2,1,4-6H3/t14-,17?,18+,19+/m1/s1. The topological polar surface area (TPSA) is 55.8 Å². The molecule has 0 aromatic rings. The highest BCUT2D eigenvalue weighted by atomic mass is 127. The quantitative estimate of drug-likeness (QED) is 0.203. The number of carbonyl (C=O) groups is 1. The Kier molecular flexibility index (Phi) is 9.83. The summed E-state index contributed by atoms with van der Waals surface area (Å²) in [5.74, 6) is 0.159. The van der Waals surface area contributed by atoms with Gasteiger partial charge in [0.1, 0.15) is 0 Å². The Morgan fingerprint density at radius 1 is 1.42 bits per heavy atom. The van der Waals surface area contributed by atoms with Crippen LogP contribution in [0.5, 0.6) is 0 Å². The first kappa shape index (κ1) is 23.6. The van der Waals surface area contributed by atoms with Crippen LogP contribution in [0.2, 0.25) is 0 Å². The van der Waals surface area contributed by atoms with Gasteiger partial charge in [-0.3, -0.25) is 4.79 Å². The van der Waals surface area contributed by atoms with Crippen molar-refractivity contribution in [2.24, 2.45) is 11.3 Å². The summed E-state index contributed by atoms with van der Waals surface area (Å²) in [6.45, 7) is 16.2. The number of hydrogen-bond donors (Lipinski definition) is 1. The Labute approximate surface area is 172 Å². The van der Waals surface area contributed by atoms with Gasteiger partial charge in [-0.05, 0) is 97.0 Å². The Morgan fingerprint density at radius 3 is 2.65 bits per heavy atom. The van der Waals surface area contributed by atoms with Gasteiger partial charge in [-0.2, -0.15) is 0 Å². The van der Waals surface area contributed by atoms with E-state index in [-0.39, 0.29) is 24.3 Å². The molecule has 0 aromatic heterocycles. The van der Waals surface area contributed by atoms with Gasteiger partial charge in [0, 0.05) is 0 Å². The fourth-order valence-corrected chi connectivity index (χ4v) is 3.19. The molecule has 26 heavy (non-hydrogen) atoms. The van der Waals surface area contributed by atoms with E-state index in [0.29, 0.717) is 18.9 Å². The maximum absolute atomic E-state index is 11.7. The van der Waals surface area contributed by atoms with Crippen molar-refractivity contribution in [2.45, 2.75) is 84.5 Å². The summed E-state index contributed by atoms with van der Waals surface area (Å²) >= 11 is 2.22. The lowest BCUT2D eigenvalue weighted by Crippen LogP contribution is -2.23. The second kappa shape index (κ2) is 10.8. The lowest BCUT2D eigenvalue weighted by molar-refractivity contribution is -0.153. The van der Waals surface area contributed by atoms with Crippen molar-refractivity contribution < 1.29 is 19.4 Å². The average Bonchev–Trinajstić information content (AvgIpc) is 2.88. The van der Waals surface area contributed by atoms with Crippen molar-refractivity contribution in [1.82, 2.24) is 0 Å². The SMILES string of the molecule is C=C(I)[C@H](C)CC(O)CC[C@@H]1O[C@@H](CCCOC(=O)C(C)(C)C)CC1=C. The van der Waals surface area contributed by atoms with Gasteiger partial charge in [0.05, 0.1) is 30.3 Å². The fraction of sp³-hybridized carbons (Fsp3) is 0.762. The highest BCUT2D eigenvalue weighted by Crippen LogP contribution is 2.31. The lowest BCUT2D eigenvalue weighted by atomic mass is 9.97. The van der Waals surface area contributed by atoms with Gasteiger partial charge < -0.3 is 14.6 Å². The Hall–Kier alpha value is -0.400. The maximum atomic E-state index is 11.7. The van der Waals surface area contributed by atoms with Crippen LogP contribution in [0.3, 0.4) is 0 Å². The molecule has 0 spiro atoms. The largest absolute Gasteiger partial charge is 0.465 e. The molecule has 0 bridgehead atoms. The Balaban J connectivity index is 2.25. The van der Waals surface area contributed by atoms with E-state index in [1.54, 1.807) is 0 Å². The van der Waals surface area contributed by atoms with Crippen molar-refractivity contribution in [3.8, 4) is 0 Å². The maximum Gasteiger partial charge on any atom is 0.311 e. The molecule has 0 amide bonds. The van der Waals surface area contributed by atoms with Crippen LogP contribution in [0.25, 0.3) is 0 Å². The zero-order valence-corrected chi connectivity index (χ0v) is 18.9. The second-order valence-corrected chi connectivity index (χ2v) is 9.84. The number of halogens is 1. The molecule has 1 unspecified atom stereocenters. The summed E-state index contributed by atoms with van der Waals surface area (Å²) in [4.78, 5) is 11.7. The lowest BCUT2D eigenvalue weighted by Gasteiger charge is -2.19. The van der Waals surface area contributed by atoms with Crippen molar-refractivity contribution in [3.63, 3.8) is 0 Å². The zero-order chi connectivity index (χ0) is 19.9. The van der Waals surface area contributed by atoms with Crippen LogP contribution >= 0.6 is 22.6 Å². The predicted molar refractivity (Wildman–Crippen MR) is 114 cm³/mol. The normalized spacial score (nSPS) is 22.9. The van der Waals surface area contributed by atoms with E-state index in [4.69, 9.17) is 9.47 Å². The molecule has 0 saturated carbocycles. The Morgan fingerprint density at radius 2 is 2.08 bits per heavy atom. The molecule has 1 saturated heterocycles. The number of aliphatic hydroxyl groups is 1. The van der Waals surface area contributed by atoms with E-state index in [2.05, 4.69) is 42.7 Å². The molecule has 0 aromatic carbocycles. The van der Waals surface area contributed by atoms with Gasteiger partial charge >= 0.3 is 5.97 Å². The van der Waals surface area contributed by atoms with Crippen molar-refractivity contribution in [2.75, 3.05) is 6.61 Å². The number of rotatable bonds is 10. The smallest absolute Gasteiger partial charge is 0.311 e. The number of hydrogen-bond acceptors (Lipinski definition) is 4. The van der Waals surface area contributed by atoms with E-state index < -0.39 is 5.41 Å². The van der Waals surface area contributed by atoms with E-state index in [1.807, 2.05) is 20.8 Å². The number of esters is 1. The first-order chi connectivity index (χ1) is 12.0. The van der Waals surface area contributed by atoms with Gasteiger partial charge in [-0.25, -0.2) is 0 Å². The first-order valence-corrected chi connectivity index (χ1v) is 10.6.